The van der Waals surface area contributed by atoms with Gasteiger partial charge in [0.2, 0.25) is 5.91 Å². The summed E-state index contributed by atoms with van der Waals surface area (Å²) in [5, 5.41) is 23.1. The number of hydrogen-bond acceptors (Lipinski definition) is 3. The van der Waals surface area contributed by atoms with Gasteiger partial charge in [0.1, 0.15) is 0 Å². The molecule has 0 bridgehead atoms. The number of hydrogen-bond donors (Lipinski definition) is 3. The lowest BCUT2D eigenvalue weighted by atomic mass is 10.0. The van der Waals surface area contributed by atoms with E-state index >= 15 is 0 Å². The first-order valence-electron chi connectivity index (χ1n) is 19.8. The van der Waals surface area contributed by atoms with Crippen LogP contribution < -0.4 is 5.32 Å². The number of aliphatic hydroxyl groups excluding tert-OH is 2. The van der Waals surface area contributed by atoms with Crippen molar-refractivity contribution in [2.45, 2.75) is 206 Å². The van der Waals surface area contributed by atoms with E-state index < -0.39 is 12.1 Å². The van der Waals surface area contributed by atoms with Crippen molar-refractivity contribution in [3.8, 4) is 0 Å². The van der Waals surface area contributed by atoms with Crippen LogP contribution in [0.1, 0.15) is 194 Å². The number of carbonyl (C=O) groups is 1. The van der Waals surface area contributed by atoms with Gasteiger partial charge in [0.15, 0.2) is 0 Å². The Morgan fingerprint density at radius 1 is 0.543 bits per heavy atom. The van der Waals surface area contributed by atoms with Gasteiger partial charge in [-0.1, -0.05) is 184 Å². The number of carbonyl (C=O) groups excluding carboxylic acids is 1. The van der Waals surface area contributed by atoms with E-state index in [1.807, 2.05) is 0 Å². The second-order valence-electron chi connectivity index (χ2n) is 13.3. The average molecular weight is 644 g/mol. The van der Waals surface area contributed by atoms with E-state index in [9.17, 15) is 15.0 Å². The quantitative estimate of drug-likeness (QED) is 0.0475. The molecule has 2 unspecified atom stereocenters. The van der Waals surface area contributed by atoms with E-state index in [2.05, 4.69) is 67.8 Å². The topological polar surface area (TPSA) is 69.6 Å². The van der Waals surface area contributed by atoms with Crippen LogP contribution in [0.4, 0.5) is 0 Å². The molecule has 0 spiro atoms. The number of allylic oxidation sites excluding steroid dienone is 8. The zero-order valence-electron chi connectivity index (χ0n) is 30.6. The van der Waals surface area contributed by atoms with Crippen molar-refractivity contribution in [3.63, 3.8) is 0 Å². The molecule has 0 heterocycles. The maximum absolute atomic E-state index is 12.4. The highest BCUT2D eigenvalue weighted by molar-refractivity contribution is 5.76. The fourth-order valence-electron chi connectivity index (χ4n) is 5.82. The Hall–Kier alpha value is -1.65. The van der Waals surface area contributed by atoms with Crippen molar-refractivity contribution in [2.75, 3.05) is 6.61 Å². The van der Waals surface area contributed by atoms with Crippen molar-refractivity contribution in [1.82, 2.24) is 5.32 Å². The third kappa shape index (κ3) is 33.7. The molecule has 268 valence electrons. The summed E-state index contributed by atoms with van der Waals surface area (Å²) in [5.74, 6) is -0.0561. The predicted octanol–water partition coefficient (Wildman–Crippen LogP) is 12.0. The summed E-state index contributed by atoms with van der Waals surface area (Å²) in [6.07, 6.45) is 50.3. The Morgan fingerprint density at radius 2 is 0.957 bits per heavy atom. The summed E-state index contributed by atoms with van der Waals surface area (Å²) in [5.41, 5.74) is 0. The molecule has 0 aromatic rings. The molecule has 0 aromatic heterocycles. The van der Waals surface area contributed by atoms with Gasteiger partial charge in [-0.2, -0.15) is 0 Å². The van der Waals surface area contributed by atoms with Gasteiger partial charge in [0.25, 0.3) is 0 Å². The lowest BCUT2D eigenvalue weighted by Crippen LogP contribution is -2.45. The number of rotatable bonds is 35. The summed E-state index contributed by atoms with van der Waals surface area (Å²) in [6.45, 7) is 4.23. The molecule has 0 saturated carbocycles. The van der Waals surface area contributed by atoms with Crippen LogP contribution in [0.3, 0.4) is 0 Å². The van der Waals surface area contributed by atoms with E-state index in [-0.39, 0.29) is 12.5 Å². The molecular weight excluding hydrogens is 566 g/mol. The monoisotopic (exact) mass is 644 g/mol. The van der Waals surface area contributed by atoms with E-state index in [4.69, 9.17) is 0 Å². The van der Waals surface area contributed by atoms with Gasteiger partial charge < -0.3 is 15.5 Å². The molecule has 0 rings (SSSR count). The number of unbranched alkanes of at least 4 members (excludes halogenated alkanes) is 20. The predicted molar refractivity (Wildman–Crippen MR) is 202 cm³/mol. The van der Waals surface area contributed by atoms with Crippen molar-refractivity contribution in [3.05, 3.63) is 48.6 Å². The van der Waals surface area contributed by atoms with Crippen LogP contribution >= 0.6 is 0 Å². The fourth-order valence-corrected chi connectivity index (χ4v) is 5.82. The molecule has 46 heavy (non-hydrogen) atoms. The Balaban J connectivity index is 3.61. The molecular formula is C42H77NO3. The maximum atomic E-state index is 12.4. The zero-order chi connectivity index (χ0) is 33.6. The third-order valence-corrected chi connectivity index (χ3v) is 8.85. The molecule has 0 aliphatic heterocycles. The first kappa shape index (κ1) is 44.4. The van der Waals surface area contributed by atoms with Gasteiger partial charge in [-0.05, 0) is 51.4 Å². The van der Waals surface area contributed by atoms with Gasteiger partial charge in [-0.3, -0.25) is 4.79 Å². The molecule has 2 atom stereocenters. The van der Waals surface area contributed by atoms with Crippen molar-refractivity contribution in [1.29, 1.82) is 0 Å². The van der Waals surface area contributed by atoms with Crippen LogP contribution in [0.25, 0.3) is 0 Å². The van der Waals surface area contributed by atoms with Crippen molar-refractivity contribution >= 4 is 5.91 Å². The van der Waals surface area contributed by atoms with Crippen LogP contribution in [0.5, 0.6) is 0 Å². The van der Waals surface area contributed by atoms with Crippen LogP contribution in [0, 0.1) is 0 Å². The Kier molecular flexibility index (Phi) is 36.4. The third-order valence-electron chi connectivity index (χ3n) is 8.85. The van der Waals surface area contributed by atoms with E-state index in [1.54, 1.807) is 0 Å². The van der Waals surface area contributed by atoms with Crippen LogP contribution in [-0.2, 0) is 4.79 Å². The average Bonchev–Trinajstić information content (AvgIpc) is 3.06. The molecule has 0 aliphatic rings. The molecule has 3 N–H and O–H groups in total. The van der Waals surface area contributed by atoms with Crippen LogP contribution in [0.2, 0.25) is 0 Å². The van der Waals surface area contributed by atoms with E-state index in [0.29, 0.717) is 12.8 Å². The van der Waals surface area contributed by atoms with Gasteiger partial charge in [0, 0.05) is 6.42 Å². The van der Waals surface area contributed by atoms with Crippen LogP contribution in [0.15, 0.2) is 48.6 Å². The molecule has 0 radical (unpaired) electrons. The zero-order valence-corrected chi connectivity index (χ0v) is 30.6. The first-order chi connectivity index (χ1) is 22.7. The molecule has 4 nitrogen and oxygen atoms in total. The maximum Gasteiger partial charge on any atom is 0.220 e. The molecule has 0 aromatic carbocycles. The minimum Gasteiger partial charge on any atom is -0.394 e. The second kappa shape index (κ2) is 37.8. The molecule has 0 aliphatic carbocycles. The minimum atomic E-state index is -0.670. The Morgan fingerprint density at radius 3 is 1.43 bits per heavy atom. The van der Waals surface area contributed by atoms with Gasteiger partial charge >= 0.3 is 0 Å². The first-order valence-corrected chi connectivity index (χ1v) is 19.8. The normalized spacial score (nSPS) is 13.6. The molecule has 0 fully saturated rings. The van der Waals surface area contributed by atoms with Crippen LogP contribution in [-0.4, -0.2) is 34.9 Å². The van der Waals surface area contributed by atoms with Gasteiger partial charge in [0.05, 0.1) is 18.8 Å². The molecule has 0 saturated heterocycles. The standard InChI is InChI=1S/C42H77NO3/c1-3-5-7-9-11-13-15-17-19-21-23-25-27-29-31-33-35-37-41(45)40(39-44)43-42(46)38-36-34-32-30-28-26-24-22-20-18-16-14-12-10-8-6-4-2/h6,8,12,14,18,20,24,26,40-41,44-45H,3-5,7,9-11,13,15-17,19,21-23,25,27-39H2,1-2H3,(H,43,46)/b8-6-,14-12-,20-18-,26-24-. The summed E-state index contributed by atoms with van der Waals surface area (Å²) < 4.78 is 0. The largest absolute Gasteiger partial charge is 0.394 e. The fraction of sp³-hybridized carbons (Fsp3) is 0.786. The summed E-state index contributed by atoms with van der Waals surface area (Å²) >= 11 is 0. The SMILES string of the molecule is CC/C=C\C/C=C\C/C=C\C/C=C\CCCCCCC(=O)NC(CO)C(O)CCCCCCCCCCCCCCCCCCC. The van der Waals surface area contributed by atoms with Gasteiger partial charge in [-0.25, -0.2) is 0 Å². The van der Waals surface area contributed by atoms with E-state index in [0.717, 1.165) is 70.6 Å². The number of amides is 1. The lowest BCUT2D eigenvalue weighted by Gasteiger charge is -2.22. The summed E-state index contributed by atoms with van der Waals surface area (Å²) in [6, 6.07) is -0.549. The number of aliphatic hydroxyl groups is 2. The van der Waals surface area contributed by atoms with Crippen molar-refractivity contribution in [2.24, 2.45) is 0 Å². The smallest absolute Gasteiger partial charge is 0.220 e. The van der Waals surface area contributed by atoms with E-state index in [1.165, 1.54) is 96.3 Å². The Bertz CT molecular complexity index is 741. The highest BCUT2D eigenvalue weighted by Gasteiger charge is 2.19. The molecule has 1 amide bonds. The Labute approximate surface area is 286 Å². The molecule has 4 heteroatoms. The number of nitrogens with one attached hydrogen (secondary N) is 1. The summed E-state index contributed by atoms with van der Waals surface area (Å²) in [7, 11) is 0. The highest BCUT2D eigenvalue weighted by atomic mass is 16.3. The second-order valence-corrected chi connectivity index (χ2v) is 13.3. The van der Waals surface area contributed by atoms with Crippen molar-refractivity contribution < 1.29 is 15.0 Å². The highest BCUT2D eigenvalue weighted by Crippen LogP contribution is 2.15. The lowest BCUT2D eigenvalue weighted by molar-refractivity contribution is -0.123. The minimum absolute atomic E-state index is 0.0561. The summed E-state index contributed by atoms with van der Waals surface area (Å²) in [4.78, 5) is 12.4. The van der Waals surface area contributed by atoms with Gasteiger partial charge in [-0.15, -0.1) is 0 Å².